The smallest absolute Gasteiger partial charge is 0.513 e. The first kappa shape index (κ1) is 19.3. The van der Waals surface area contributed by atoms with Crippen LogP contribution < -0.4 is 0 Å². The maximum atomic E-state index is 5.95. The first-order valence-electron chi connectivity index (χ1n) is 9.09. The third-order valence-corrected chi connectivity index (χ3v) is 4.04. The molecule has 0 unspecified atom stereocenters. The predicted molar refractivity (Wildman–Crippen MR) is 99.7 cm³/mol. The minimum atomic E-state index is -2.67. The fourth-order valence-corrected chi connectivity index (χ4v) is 2.60. The van der Waals surface area contributed by atoms with Gasteiger partial charge in [0.1, 0.15) is 23.0 Å². The van der Waals surface area contributed by atoms with Crippen LogP contribution in [0.15, 0.2) is 91.3 Å². The summed E-state index contributed by atoms with van der Waals surface area (Å²) < 4.78 is 45.2. The van der Waals surface area contributed by atoms with Crippen molar-refractivity contribution in [2.24, 2.45) is 0 Å². The zero-order chi connectivity index (χ0) is 19.8. The van der Waals surface area contributed by atoms with Crippen molar-refractivity contribution in [1.29, 1.82) is 0 Å². The average Bonchev–Trinajstić information content (AvgIpc) is 3.56. The summed E-state index contributed by atoms with van der Waals surface area (Å²) in [6.07, 6.45) is 6.24. The van der Waals surface area contributed by atoms with E-state index >= 15 is 0 Å². The molecule has 4 aromatic heterocycles. The van der Waals surface area contributed by atoms with Gasteiger partial charge in [0.05, 0.1) is 51.5 Å². The Hall–Kier alpha value is -2.98. The molecule has 0 aliphatic heterocycles. The van der Waals surface area contributed by atoms with Crippen molar-refractivity contribution in [3.05, 3.63) is 96.6 Å². The molecular weight excluding hydrogens is 379 g/mol. The van der Waals surface area contributed by atoms with Gasteiger partial charge in [-0.3, -0.25) is 0 Å². The first-order valence-corrected chi connectivity index (χ1v) is 9.09. The molecule has 0 aromatic carbocycles. The van der Waals surface area contributed by atoms with Crippen LogP contribution in [0.25, 0.3) is 0 Å². The molecule has 0 radical (unpaired) electrons. The molecule has 9 heteroatoms. The Kier molecular flexibility index (Phi) is 6.33. The molecule has 0 saturated heterocycles. The first-order chi connectivity index (χ1) is 14.3. The largest absolute Gasteiger partial charge is 0.532 e. The van der Waals surface area contributed by atoms with Gasteiger partial charge in [-0.05, 0) is 48.5 Å². The molecule has 0 spiro atoms. The Balaban J connectivity index is 1.51. The Morgan fingerprint density at radius 3 is 0.966 bits per heavy atom. The molecule has 152 valence electrons. The van der Waals surface area contributed by atoms with Gasteiger partial charge in [0.25, 0.3) is 0 Å². The fourth-order valence-electron chi connectivity index (χ4n) is 2.60. The second kappa shape index (κ2) is 9.48. The number of hydrogen-bond donors (Lipinski definition) is 0. The molecular formula is C20H20BO8-. The molecule has 0 fully saturated rings. The molecule has 0 amide bonds. The van der Waals surface area contributed by atoms with Crippen molar-refractivity contribution in [3.8, 4) is 0 Å². The third-order valence-electron chi connectivity index (χ3n) is 4.04. The Bertz CT molecular complexity index is 755. The SMILES string of the molecule is c1coc(CO[B-](OCc2ccco2)(OCc2ccco2)OCc2ccco2)c1. The fraction of sp³-hybridized carbons (Fsp3) is 0.200. The van der Waals surface area contributed by atoms with E-state index in [9.17, 15) is 0 Å². The summed E-state index contributed by atoms with van der Waals surface area (Å²) in [6.45, 7) is -2.33. The highest BCUT2D eigenvalue weighted by atomic mass is 16.9. The summed E-state index contributed by atoms with van der Waals surface area (Å²) in [7, 11) is 0. The van der Waals surface area contributed by atoms with Crippen molar-refractivity contribution in [3.63, 3.8) is 0 Å². The molecule has 0 atom stereocenters. The van der Waals surface area contributed by atoms with Gasteiger partial charge in [-0.1, -0.05) is 0 Å². The summed E-state index contributed by atoms with van der Waals surface area (Å²) in [5.74, 6) is 2.39. The van der Waals surface area contributed by atoms with Crippen LogP contribution in [0.3, 0.4) is 0 Å². The van der Waals surface area contributed by atoms with Gasteiger partial charge in [-0.25, -0.2) is 0 Å². The van der Waals surface area contributed by atoms with Crippen LogP contribution in [-0.2, 0) is 45.0 Å². The van der Waals surface area contributed by atoms with Gasteiger partial charge in [-0.2, -0.15) is 0 Å². The summed E-state index contributed by atoms with van der Waals surface area (Å²) in [5, 5.41) is 0. The lowest BCUT2D eigenvalue weighted by molar-refractivity contribution is -0.0610. The monoisotopic (exact) mass is 399 g/mol. The van der Waals surface area contributed by atoms with Crippen LogP contribution in [0.4, 0.5) is 0 Å². The number of rotatable bonds is 12. The maximum Gasteiger partial charge on any atom is 0.532 e. The van der Waals surface area contributed by atoms with Gasteiger partial charge in [0.2, 0.25) is 0 Å². The topological polar surface area (TPSA) is 89.5 Å². The molecule has 4 heterocycles. The quantitative estimate of drug-likeness (QED) is 0.318. The highest BCUT2D eigenvalue weighted by molar-refractivity contribution is 6.53. The Morgan fingerprint density at radius 1 is 0.483 bits per heavy atom. The number of hydrogen-bond acceptors (Lipinski definition) is 8. The summed E-state index contributed by atoms with van der Waals surface area (Å²) in [4.78, 5) is 0. The van der Waals surface area contributed by atoms with Gasteiger partial charge in [-0.15, -0.1) is 0 Å². The lowest BCUT2D eigenvalue weighted by atomic mass is 10.0. The molecule has 29 heavy (non-hydrogen) atoms. The molecule has 4 rings (SSSR count). The molecule has 0 aliphatic rings. The van der Waals surface area contributed by atoms with Crippen molar-refractivity contribution in [2.75, 3.05) is 0 Å². The van der Waals surface area contributed by atoms with E-state index in [1.165, 1.54) is 0 Å². The number of furan rings is 4. The van der Waals surface area contributed by atoms with E-state index < -0.39 is 6.96 Å². The third kappa shape index (κ3) is 5.52. The van der Waals surface area contributed by atoms with E-state index in [-0.39, 0.29) is 26.4 Å². The standard InChI is InChI=1S/C20H20BO8/c1-5-17(22-9-1)13-26-21(27-14-18-6-2-10-23-18,28-15-19-7-3-11-24-19)29-16-20-8-4-12-25-20/h1-12H,13-16H2/q-1. The lowest BCUT2D eigenvalue weighted by Gasteiger charge is -2.40. The van der Waals surface area contributed by atoms with E-state index in [1.807, 2.05) is 0 Å². The van der Waals surface area contributed by atoms with Crippen LogP contribution in [-0.4, -0.2) is 6.96 Å². The molecule has 0 aliphatic carbocycles. The summed E-state index contributed by atoms with van der Waals surface area (Å²) in [5.41, 5.74) is 0. The zero-order valence-corrected chi connectivity index (χ0v) is 15.6. The average molecular weight is 399 g/mol. The summed E-state index contributed by atoms with van der Waals surface area (Å²) in [6, 6.07) is 14.2. The second-order valence-electron chi connectivity index (χ2n) is 6.14. The predicted octanol–water partition coefficient (Wildman–Crippen LogP) is 4.66. The van der Waals surface area contributed by atoms with Crippen molar-refractivity contribution < 1.29 is 36.3 Å². The second-order valence-corrected chi connectivity index (χ2v) is 6.14. The molecule has 8 nitrogen and oxygen atoms in total. The van der Waals surface area contributed by atoms with Crippen LogP contribution in [0.2, 0.25) is 0 Å². The van der Waals surface area contributed by atoms with Gasteiger partial charge < -0.3 is 36.3 Å². The van der Waals surface area contributed by atoms with E-state index in [0.717, 1.165) is 0 Å². The van der Waals surface area contributed by atoms with Gasteiger partial charge in [0, 0.05) is 0 Å². The Morgan fingerprint density at radius 2 is 0.759 bits per heavy atom. The minimum Gasteiger partial charge on any atom is -0.513 e. The zero-order valence-electron chi connectivity index (χ0n) is 15.6. The highest BCUT2D eigenvalue weighted by Gasteiger charge is 2.34. The molecule has 4 aromatic rings. The van der Waals surface area contributed by atoms with E-state index in [1.54, 1.807) is 73.6 Å². The maximum absolute atomic E-state index is 5.95. The van der Waals surface area contributed by atoms with Crippen LogP contribution in [0.5, 0.6) is 0 Å². The van der Waals surface area contributed by atoms with E-state index in [2.05, 4.69) is 0 Å². The van der Waals surface area contributed by atoms with E-state index in [0.29, 0.717) is 23.0 Å². The van der Waals surface area contributed by atoms with Crippen molar-refractivity contribution in [2.45, 2.75) is 26.4 Å². The molecule has 0 N–H and O–H groups in total. The van der Waals surface area contributed by atoms with Gasteiger partial charge >= 0.3 is 6.96 Å². The van der Waals surface area contributed by atoms with Crippen LogP contribution in [0, 0.1) is 0 Å². The Labute approximate surface area is 166 Å². The van der Waals surface area contributed by atoms with Crippen molar-refractivity contribution in [1.82, 2.24) is 0 Å². The van der Waals surface area contributed by atoms with Crippen LogP contribution >= 0.6 is 0 Å². The summed E-state index contributed by atoms with van der Waals surface area (Å²) >= 11 is 0. The van der Waals surface area contributed by atoms with Gasteiger partial charge in [0.15, 0.2) is 0 Å². The molecule has 0 bridgehead atoms. The molecule has 0 saturated carbocycles. The van der Waals surface area contributed by atoms with E-state index in [4.69, 9.17) is 36.3 Å². The van der Waals surface area contributed by atoms with Crippen LogP contribution in [0.1, 0.15) is 23.0 Å². The minimum absolute atomic E-state index is 0.0848. The normalized spacial score (nSPS) is 11.9. The lowest BCUT2D eigenvalue weighted by Crippen LogP contribution is -2.48. The van der Waals surface area contributed by atoms with Crippen molar-refractivity contribution >= 4 is 6.96 Å². The highest BCUT2D eigenvalue weighted by Crippen LogP contribution is 2.22.